The molecule has 176 valence electrons. The van der Waals surface area contributed by atoms with Crippen LogP contribution in [-0.4, -0.2) is 64.2 Å². The van der Waals surface area contributed by atoms with E-state index >= 15 is 0 Å². The number of thiophene rings is 1. The number of aromatic nitrogens is 4. The van der Waals surface area contributed by atoms with Gasteiger partial charge in [0.15, 0.2) is 10.3 Å². The number of hydrogen-bond acceptors (Lipinski definition) is 11. The molecule has 11 heteroatoms. The molecular weight excluding hydrogens is 487 g/mol. The van der Waals surface area contributed by atoms with Crippen LogP contribution in [0.2, 0.25) is 0 Å². The van der Waals surface area contributed by atoms with Crippen LogP contribution in [0.3, 0.4) is 0 Å². The summed E-state index contributed by atoms with van der Waals surface area (Å²) < 4.78 is 5.42. The van der Waals surface area contributed by atoms with Gasteiger partial charge in [-0.2, -0.15) is 15.0 Å². The number of nitrogens with zero attached hydrogens (tertiary/aromatic N) is 5. The maximum absolute atomic E-state index is 5.42. The second-order valence-corrected chi connectivity index (χ2v) is 10.6. The van der Waals surface area contributed by atoms with Gasteiger partial charge in [0.2, 0.25) is 11.9 Å². The first-order chi connectivity index (χ1) is 16.8. The molecular formula is C23H25N7OS3. The maximum atomic E-state index is 5.42. The molecule has 34 heavy (non-hydrogen) atoms. The fourth-order valence-corrected chi connectivity index (χ4v) is 5.82. The van der Waals surface area contributed by atoms with E-state index in [0.29, 0.717) is 17.1 Å². The molecule has 0 bridgehead atoms. The van der Waals surface area contributed by atoms with Gasteiger partial charge in [-0.1, -0.05) is 35.6 Å². The summed E-state index contributed by atoms with van der Waals surface area (Å²) in [6.45, 7) is 5.46. The van der Waals surface area contributed by atoms with Crippen LogP contribution in [0.5, 0.6) is 0 Å². The van der Waals surface area contributed by atoms with E-state index in [2.05, 4.69) is 46.9 Å². The Morgan fingerprint density at radius 2 is 1.82 bits per heavy atom. The Kier molecular flexibility index (Phi) is 7.99. The Morgan fingerprint density at radius 1 is 0.971 bits per heavy atom. The summed E-state index contributed by atoms with van der Waals surface area (Å²) in [5, 5.41) is 10.1. The monoisotopic (exact) mass is 511 g/mol. The molecule has 1 saturated heterocycles. The highest BCUT2D eigenvalue weighted by Crippen LogP contribution is 2.33. The number of morpholine rings is 1. The van der Waals surface area contributed by atoms with Gasteiger partial charge in [0.05, 0.1) is 18.1 Å². The molecule has 1 fully saturated rings. The third-order valence-electron chi connectivity index (χ3n) is 5.09. The van der Waals surface area contributed by atoms with Crippen molar-refractivity contribution < 1.29 is 4.74 Å². The van der Waals surface area contributed by atoms with Crippen LogP contribution in [0, 0.1) is 0 Å². The fraction of sp³-hybridized carbons (Fsp3) is 0.304. The molecule has 0 saturated carbocycles. The van der Waals surface area contributed by atoms with Gasteiger partial charge in [-0.3, -0.25) is 10.2 Å². The topological polar surface area (TPSA) is 88.1 Å². The summed E-state index contributed by atoms with van der Waals surface area (Å²) in [7, 11) is 0. The van der Waals surface area contributed by atoms with Gasteiger partial charge in [-0.05, 0) is 48.3 Å². The average Bonchev–Trinajstić information content (AvgIpc) is 3.56. The number of nitrogens with one attached hydrogen (secondary N) is 2. The molecule has 0 radical (unpaired) electrons. The summed E-state index contributed by atoms with van der Waals surface area (Å²) in [5.41, 5.74) is 0. The van der Waals surface area contributed by atoms with Crippen molar-refractivity contribution in [1.29, 1.82) is 0 Å². The summed E-state index contributed by atoms with van der Waals surface area (Å²) in [4.78, 5) is 24.2. The Morgan fingerprint density at radius 3 is 2.65 bits per heavy atom. The lowest BCUT2D eigenvalue weighted by atomic mass is 10.3. The van der Waals surface area contributed by atoms with Crippen molar-refractivity contribution in [3.05, 3.63) is 54.0 Å². The van der Waals surface area contributed by atoms with Gasteiger partial charge in [-0.25, -0.2) is 4.98 Å². The number of anilines is 3. The van der Waals surface area contributed by atoms with Gasteiger partial charge in [0.25, 0.3) is 0 Å². The van der Waals surface area contributed by atoms with E-state index in [1.54, 1.807) is 22.7 Å². The molecule has 2 N–H and O–H groups in total. The largest absolute Gasteiger partial charge is 0.379 e. The smallest absolute Gasteiger partial charge is 0.234 e. The van der Waals surface area contributed by atoms with Crippen molar-refractivity contribution in [3.8, 4) is 9.75 Å². The first-order valence-electron chi connectivity index (χ1n) is 11.1. The van der Waals surface area contributed by atoms with Crippen molar-refractivity contribution in [2.75, 3.05) is 50.0 Å². The molecule has 8 nitrogen and oxygen atoms in total. The van der Waals surface area contributed by atoms with Crippen molar-refractivity contribution in [2.45, 2.75) is 16.5 Å². The van der Waals surface area contributed by atoms with Crippen LogP contribution in [0.15, 0.2) is 64.1 Å². The highest BCUT2D eigenvalue weighted by Gasteiger charge is 2.13. The van der Waals surface area contributed by atoms with Crippen LogP contribution in [0.4, 0.5) is 17.0 Å². The minimum atomic E-state index is 0.483. The number of ether oxygens (including phenoxy) is 1. The molecule has 0 unspecified atom stereocenters. The standard InChI is InChI=1S/C23H25N7OS3/c1-2-6-17(7-3-1)33-23-27-20(24-9-5-10-30-11-13-31-14-12-30)26-21(29-23)28-22-25-16-19(34-22)18-8-4-15-32-18/h1-4,6-8,15-16H,5,9-14H2,(H2,24,25,26,27,28,29). The van der Waals surface area contributed by atoms with Gasteiger partial charge >= 0.3 is 0 Å². The summed E-state index contributed by atoms with van der Waals surface area (Å²) in [6.07, 6.45) is 2.89. The van der Waals surface area contributed by atoms with Crippen molar-refractivity contribution >= 4 is 51.5 Å². The second-order valence-electron chi connectivity index (χ2n) is 7.55. The summed E-state index contributed by atoms with van der Waals surface area (Å²) in [6, 6.07) is 14.3. The molecule has 0 spiro atoms. The lowest BCUT2D eigenvalue weighted by Gasteiger charge is -2.26. The molecule has 0 amide bonds. The van der Waals surface area contributed by atoms with E-state index in [1.807, 2.05) is 42.6 Å². The fourth-order valence-electron chi connectivity index (χ4n) is 3.42. The predicted octanol–water partition coefficient (Wildman–Crippen LogP) is 5.09. The number of rotatable bonds is 10. The zero-order valence-electron chi connectivity index (χ0n) is 18.5. The predicted molar refractivity (Wildman–Crippen MR) is 139 cm³/mol. The molecule has 0 atom stereocenters. The third-order valence-corrected chi connectivity index (χ3v) is 7.95. The van der Waals surface area contributed by atoms with Gasteiger partial charge < -0.3 is 10.1 Å². The van der Waals surface area contributed by atoms with Crippen molar-refractivity contribution in [3.63, 3.8) is 0 Å². The zero-order chi connectivity index (χ0) is 23.0. The quantitative estimate of drug-likeness (QED) is 0.283. The van der Waals surface area contributed by atoms with E-state index in [1.165, 1.54) is 16.6 Å². The van der Waals surface area contributed by atoms with E-state index < -0.39 is 0 Å². The molecule has 1 aliphatic heterocycles. The maximum Gasteiger partial charge on any atom is 0.234 e. The minimum Gasteiger partial charge on any atom is -0.379 e. The molecule has 4 aromatic rings. The first kappa shape index (κ1) is 23.2. The SMILES string of the molecule is c1ccc(Sc2nc(NCCCN3CCOCC3)nc(Nc3ncc(-c4cccs4)s3)n2)cc1. The Balaban J connectivity index is 1.27. The molecule has 3 aromatic heterocycles. The highest BCUT2D eigenvalue weighted by atomic mass is 32.2. The van der Waals surface area contributed by atoms with Crippen LogP contribution in [0.25, 0.3) is 9.75 Å². The van der Waals surface area contributed by atoms with E-state index in [4.69, 9.17) is 4.74 Å². The van der Waals surface area contributed by atoms with Crippen LogP contribution < -0.4 is 10.6 Å². The first-order valence-corrected chi connectivity index (χ1v) is 13.6. The summed E-state index contributed by atoms with van der Waals surface area (Å²) in [5.74, 6) is 1.05. The van der Waals surface area contributed by atoms with E-state index in [0.717, 1.165) is 60.7 Å². The number of benzene rings is 1. The summed E-state index contributed by atoms with van der Waals surface area (Å²) >= 11 is 4.80. The molecule has 1 aliphatic rings. The van der Waals surface area contributed by atoms with Crippen LogP contribution in [-0.2, 0) is 4.74 Å². The zero-order valence-corrected chi connectivity index (χ0v) is 21.0. The van der Waals surface area contributed by atoms with Crippen molar-refractivity contribution in [2.24, 2.45) is 0 Å². The molecule has 1 aromatic carbocycles. The van der Waals surface area contributed by atoms with Crippen LogP contribution >= 0.6 is 34.4 Å². The lowest BCUT2D eigenvalue weighted by Crippen LogP contribution is -2.37. The molecule has 0 aliphatic carbocycles. The normalized spacial score (nSPS) is 14.2. The lowest BCUT2D eigenvalue weighted by molar-refractivity contribution is 0.0378. The third kappa shape index (κ3) is 6.51. The minimum absolute atomic E-state index is 0.483. The van der Waals surface area contributed by atoms with Gasteiger partial charge in [0, 0.05) is 35.6 Å². The number of hydrogen-bond donors (Lipinski definition) is 2. The molecule has 4 heterocycles. The van der Waals surface area contributed by atoms with E-state index in [9.17, 15) is 0 Å². The highest BCUT2D eigenvalue weighted by molar-refractivity contribution is 7.99. The van der Waals surface area contributed by atoms with Crippen molar-refractivity contribution in [1.82, 2.24) is 24.8 Å². The molecule has 5 rings (SSSR count). The Bertz CT molecular complexity index is 1160. The number of thiazole rings is 1. The van der Waals surface area contributed by atoms with Crippen LogP contribution in [0.1, 0.15) is 6.42 Å². The Hall–Kier alpha value is -2.57. The Labute approximate surface area is 210 Å². The van der Waals surface area contributed by atoms with E-state index in [-0.39, 0.29) is 0 Å². The van der Waals surface area contributed by atoms with Gasteiger partial charge in [0.1, 0.15) is 0 Å². The van der Waals surface area contributed by atoms with Gasteiger partial charge in [-0.15, -0.1) is 11.3 Å². The second kappa shape index (κ2) is 11.7. The average molecular weight is 512 g/mol.